The first-order chi connectivity index (χ1) is 8.86. The first-order valence-electron chi connectivity index (χ1n) is 5.02. The molecule has 2 aromatic rings. The van der Waals surface area contributed by atoms with Gasteiger partial charge in [-0.15, -0.1) is 0 Å². The molecule has 100 valence electrons. The molecule has 0 bridgehead atoms. The molecule has 7 heteroatoms. The lowest BCUT2D eigenvalue weighted by atomic mass is 10.2. The normalized spacial score (nSPS) is 11.4. The third-order valence-electron chi connectivity index (χ3n) is 2.18. The van der Waals surface area contributed by atoms with Crippen LogP contribution in [0.2, 0.25) is 0 Å². The molecular formula is C12H6BrF4NO. The average Bonchev–Trinajstić information content (AvgIpc) is 2.33. The number of ether oxygens (including phenoxy) is 1. The molecule has 2 nitrogen and oxygen atoms in total. The molecule has 0 aliphatic rings. The van der Waals surface area contributed by atoms with E-state index in [0.717, 1.165) is 24.4 Å². The van der Waals surface area contributed by atoms with Crippen molar-refractivity contribution in [3.63, 3.8) is 0 Å². The molecule has 1 aromatic carbocycles. The fraction of sp³-hybridized carbons (Fsp3) is 0.0833. The smallest absolute Gasteiger partial charge is 0.416 e. The molecule has 0 fully saturated rings. The van der Waals surface area contributed by atoms with Gasteiger partial charge in [0.1, 0.15) is 11.6 Å². The van der Waals surface area contributed by atoms with Gasteiger partial charge in [-0.2, -0.15) is 13.2 Å². The van der Waals surface area contributed by atoms with Crippen molar-refractivity contribution in [3.05, 3.63) is 52.4 Å². The van der Waals surface area contributed by atoms with E-state index in [4.69, 9.17) is 4.74 Å². The van der Waals surface area contributed by atoms with Gasteiger partial charge in [0.05, 0.1) is 10.0 Å². The van der Waals surface area contributed by atoms with E-state index in [2.05, 4.69) is 20.9 Å². The van der Waals surface area contributed by atoms with Gasteiger partial charge in [0.25, 0.3) is 0 Å². The van der Waals surface area contributed by atoms with Crippen LogP contribution < -0.4 is 4.74 Å². The van der Waals surface area contributed by atoms with Crippen LogP contribution in [0, 0.1) is 5.82 Å². The first kappa shape index (κ1) is 13.8. The molecule has 0 aliphatic carbocycles. The van der Waals surface area contributed by atoms with E-state index in [1.165, 1.54) is 12.1 Å². The molecule has 1 heterocycles. The van der Waals surface area contributed by atoms with Crippen LogP contribution in [0.1, 0.15) is 5.56 Å². The van der Waals surface area contributed by atoms with Gasteiger partial charge < -0.3 is 4.74 Å². The summed E-state index contributed by atoms with van der Waals surface area (Å²) in [4.78, 5) is 3.64. The maximum absolute atomic E-state index is 13.2. The summed E-state index contributed by atoms with van der Waals surface area (Å²) in [5.74, 6) is -0.770. The Hall–Kier alpha value is -1.63. The summed E-state index contributed by atoms with van der Waals surface area (Å²) in [6, 6.07) is 5.42. The zero-order chi connectivity index (χ0) is 14.0. The topological polar surface area (TPSA) is 22.1 Å². The van der Waals surface area contributed by atoms with Crippen molar-refractivity contribution in [3.8, 4) is 11.6 Å². The van der Waals surface area contributed by atoms with Gasteiger partial charge >= 0.3 is 6.18 Å². The number of pyridine rings is 1. The Morgan fingerprint density at radius 2 is 1.84 bits per heavy atom. The minimum atomic E-state index is -4.48. The highest BCUT2D eigenvalue weighted by molar-refractivity contribution is 9.10. The van der Waals surface area contributed by atoms with E-state index < -0.39 is 17.6 Å². The van der Waals surface area contributed by atoms with Crippen LogP contribution in [0.3, 0.4) is 0 Å². The van der Waals surface area contributed by atoms with E-state index in [9.17, 15) is 17.6 Å². The van der Waals surface area contributed by atoms with Crippen LogP contribution >= 0.6 is 15.9 Å². The summed E-state index contributed by atoms with van der Waals surface area (Å²) < 4.78 is 56.0. The molecule has 0 aliphatic heterocycles. The van der Waals surface area contributed by atoms with E-state index in [0.29, 0.717) is 0 Å². The van der Waals surface area contributed by atoms with Gasteiger partial charge in [-0.3, -0.25) is 0 Å². The lowest BCUT2D eigenvalue weighted by Crippen LogP contribution is -2.05. The van der Waals surface area contributed by atoms with Gasteiger partial charge in [0.2, 0.25) is 5.88 Å². The summed E-state index contributed by atoms with van der Waals surface area (Å²) in [7, 11) is 0. The third kappa shape index (κ3) is 3.44. The van der Waals surface area contributed by atoms with Crippen molar-refractivity contribution in [1.29, 1.82) is 0 Å². The van der Waals surface area contributed by atoms with E-state index >= 15 is 0 Å². The van der Waals surface area contributed by atoms with Crippen molar-refractivity contribution < 1.29 is 22.3 Å². The Morgan fingerprint density at radius 1 is 1.11 bits per heavy atom. The Morgan fingerprint density at radius 3 is 2.47 bits per heavy atom. The summed E-state index contributed by atoms with van der Waals surface area (Å²) in [6.07, 6.45) is -3.50. The molecule has 0 N–H and O–H groups in total. The average molecular weight is 336 g/mol. The van der Waals surface area contributed by atoms with Crippen LogP contribution in [0.4, 0.5) is 17.6 Å². The lowest BCUT2D eigenvalue weighted by molar-refractivity contribution is -0.137. The van der Waals surface area contributed by atoms with E-state index in [-0.39, 0.29) is 16.1 Å². The summed E-state index contributed by atoms with van der Waals surface area (Å²) in [5, 5.41) is 0. The number of nitrogens with zero attached hydrogens (tertiary/aromatic N) is 1. The fourth-order valence-corrected chi connectivity index (χ4v) is 1.55. The van der Waals surface area contributed by atoms with Crippen LogP contribution in [-0.2, 0) is 6.18 Å². The van der Waals surface area contributed by atoms with Gasteiger partial charge in [-0.05, 0) is 34.1 Å². The van der Waals surface area contributed by atoms with Crippen LogP contribution in [-0.4, -0.2) is 4.98 Å². The summed E-state index contributed by atoms with van der Waals surface area (Å²) in [5.41, 5.74) is -0.880. The van der Waals surface area contributed by atoms with E-state index in [1.807, 2.05) is 0 Å². The maximum atomic E-state index is 13.2. The number of rotatable bonds is 2. The predicted octanol–water partition coefficient (Wildman–Crippen LogP) is 4.79. The Labute approximate surface area is 114 Å². The van der Waals surface area contributed by atoms with Crippen LogP contribution in [0.15, 0.2) is 41.0 Å². The fourth-order valence-electron chi connectivity index (χ4n) is 1.30. The second-order valence-corrected chi connectivity index (χ2v) is 4.41. The van der Waals surface area contributed by atoms with Gasteiger partial charge in [0.15, 0.2) is 0 Å². The highest BCUT2D eigenvalue weighted by Gasteiger charge is 2.31. The summed E-state index contributed by atoms with van der Waals surface area (Å²) in [6.45, 7) is 0. The minimum Gasteiger partial charge on any atom is -0.439 e. The molecule has 0 atom stereocenters. The van der Waals surface area contributed by atoms with Crippen LogP contribution in [0.25, 0.3) is 0 Å². The molecule has 19 heavy (non-hydrogen) atoms. The van der Waals surface area contributed by atoms with Crippen molar-refractivity contribution >= 4 is 15.9 Å². The first-order valence-corrected chi connectivity index (χ1v) is 5.82. The lowest BCUT2D eigenvalue weighted by Gasteiger charge is -2.09. The molecule has 0 saturated carbocycles. The number of hydrogen-bond donors (Lipinski definition) is 0. The molecule has 1 aromatic heterocycles. The number of hydrogen-bond acceptors (Lipinski definition) is 2. The van der Waals surface area contributed by atoms with Gasteiger partial charge in [-0.1, -0.05) is 0 Å². The molecule has 0 amide bonds. The number of halogens is 5. The number of alkyl halides is 3. The zero-order valence-electron chi connectivity index (χ0n) is 9.21. The Balaban J connectivity index is 2.26. The quantitative estimate of drug-likeness (QED) is 0.736. The second kappa shape index (κ2) is 5.16. The molecule has 0 spiro atoms. The van der Waals surface area contributed by atoms with Gasteiger partial charge in [-0.25, -0.2) is 9.37 Å². The Bertz CT molecular complexity index is 601. The molecule has 2 rings (SSSR count). The molecule has 0 unspecified atom stereocenters. The SMILES string of the molecule is Fc1cc(Oc2cc(C(F)(F)F)ccn2)ccc1Br. The highest BCUT2D eigenvalue weighted by atomic mass is 79.9. The van der Waals surface area contributed by atoms with Gasteiger partial charge in [0, 0.05) is 18.3 Å². The van der Waals surface area contributed by atoms with Crippen molar-refractivity contribution in [2.24, 2.45) is 0 Å². The number of benzene rings is 1. The number of aromatic nitrogens is 1. The van der Waals surface area contributed by atoms with Crippen molar-refractivity contribution in [2.45, 2.75) is 6.18 Å². The van der Waals surface area contributed by atoms with E-state index in [1.54, 1.807) is 0 Å². The minimum absolute atomic E-state index is 0.0625. The highest BCUT2D eigenvalue weighted by Crippen LogP contribution is 2.32. The molecule has 0 saturated heterocycles. The maximum Gasteiger partial charge on any atom is 0.416 e. The molecular weight excluding hydrogens is 330 g/mol. The predicted molar refractivity (Wildman–Crippen MR) is 63.4 cm³/mol. The zero-order valence-corrected chi connectivity index (χ0v) is 10.8. The summed E-state index contributed by atoms with van der Waals surface area (Å²) >= 11 is 2.96. The van der Waals surface area contributed by atoms with Crippen LogP contribution in [0.5, 0.6) is 11.6 Å². The second-order valence-electron chi connectivity index (χ2n) is 3.56. The Kier molecular flexibility index (Phi) is 3.75. The van der Waals surface area contributed by atoms with Crippen molar-refractivity contribution in [2.75, 3.05) is 0 Å². The monoisotopic (exact) mass is 335 g/mol. The van der Waals surface area contributed by atoms with Crippen molar-refractivity contribution in [1.82, 2.24) is 4.98 Å². The standard InChI is InChI=1S/C12H6BrF4NO/c13-9-2-1-8(6-10(9)14)19-11-5-7(3-4-18-11)12(15,16)17/h1-6H. The third-order valence-corrected chi connectivity index (χ3v) is 2.82. The largest absolute Gasteiger partial charge is 0.439 e. The molecule has 0 radical (unpaired) electrons.